The van der Waals surface area contributed by atoms with Gasteiger partial charge in [-0.05, 0) is 24.5 Å². The first kappa shape index (κ1) is 14.2. The molecule has 0 bridgehead atoms. The highest BCUT2D eigenvalue weighted by atomic mass is 32.2. The molecule has 0 N–H and O–H groups in total. The molecule has 0 saturated heterocycles. The van der Waals surface area contributed by atoms with E-state index < -0.39 is 0 Å². The van der Waals surface area contributed by atoms with Crippen LogP contribution in [0.5, 0.6) is 0 Å². The monoisotopic (exact) mass is 299 g/mol. The van der Waals surface area contributed by atoms with Gasteiger partial charge in [-0.25, -0.2) is 0 Å². The van der Waals surface area contributed by atoms with E-state index in [4.69, 9.17) is 9.78 Å². The molecule has 2 atom stereocenters. The van der Waals surface area contributed by atoms with Crippen molar-refractivity contribution < 1.29 is 4.52 Å². The smallest absolute Gasteiger partial charge is 0.231 e. The van der Waals surface area contributed by atoms with Gasteiger partial charge in [-0.1, -0.05) is 36.7 Å². The number of aromatic nitrogens is 2. The molecule has 3 rings (SSSR count). The normalized spacial score (nSPS) is 22.8. The number of nitrogens with zero attached hydrogens (tertiary/aromatic N) is 3. The van der Waals surface area contributed by atoms with Crippen molar-refractivity contribution in [3.05, 3.63) is 41.5 Å². The van der Waals surface area contributed by atoms with Crippen LogP contribution >= 0.6 is 11.8 Å². The number of hydrogen-bond donors (Lipinski definition) is 0. The molecule has 1 aliphatic rings. The van der Waals surface area contributed by atoms with E-state index in [1.165, 1.54) is 10.5 Å². The van der Waals surface area contributed by atoms with E-state index in [2.05, 4.69) is 61.2 Å². The van der Waals surface area contributed by atoms with Gasteiger partial charge in [-0.3, -0.25) is 0 Å². The van der Waals surface area contributed by atoms with Crippen LogP contribution in [0.15, 0.2) is 33.7 Å². The molecule has 1 aromatic heterocycles. The first-order chi connectivity index (χ1) is 10.0. The minimum absolute atomic E-state index is 0.0180. The molecule has 1 fully saturated rings. The quantitative estimate of drug-likeness (QED) is 0.800. The maximum absolute atomic E-state index is 9.11. The van der Waals surface area contributed by atoms with Crippen molar-refractivity contribution in [1.29, 1.82) is 5.26 Å². The van der Waals surface area contributed by atoms with Gasteiger partial charge in [0.05, 0.1) is 23.7 Å². The maximum atomic E-state index is 9.11. The molecule has 4 nitrogen and oxygen atoms in total. The minimum atomic E-state index is -0.0529. The molecule has 0 radical (unpaired) electrons. The summed E-state index contributed by atoms with van der Waals surface area (Å²) in [4.78, 5) is 5.64. The molecule has 1 saturated carbocycles. The fourth-order valence-electron chi connectivity index (χ4n) is 2.57. The number of hydrogen-bond acceptors (Lipinski definition) is 5. The Labute approximate surface area is 128 Å². The van der Waals surface area contributed by atoms with E-state index in [9.17, 15) is 0 Å². The second-order valence-electron chi connectivity index (χ2n) is 6.06. The Morgan fingerprint density at radius 2 is 2.05 bits per heavy atom. The van der Waals surface area contributed by atoms with Crippen LogP contribution in [-0.4, -0.2) is 10.1 Å². The van der Waals surface area contributed by atoms with Crippen molar-refractivity contribution in [2.24, 2.45) is 11.3 Å². The largest absolute Gasteiger partial charge is 0.339 e. The summed E-state index contributed by atoms with van der Waals surface area (Å²) in [7, 11) is 0. The Morgan fingerprint density at radius 3 is 2.67 bits per heavy atom. The predicted molar refractivity (Wildman–Crippen MR) is 80.7 cm³/mol. The first-order valence-electron chi connectivity index (χ1n) is 6.94. The summed E-state index contributed by atoms with van der Waals surface area (Å²) in [5.41, 5.74) is 1.20. The molecule has 0 spiro atoms. The lowest BCUT2D eigenvalue weighted by Crippen LogP contribution is -1.91. The molecule has 1 heterocycles. The molecule has 2 unspecified atom stereocenters. The van der Waals surface area contributed by atoms with Gasteiger partial charge in [0, 0.05) is 4.90 Å². The fourth-order valence-corrected chi connectivity index (χ4v) is 3.32. The van der Waals surface area contributed by atoms with Crippen molar-refractivity contribution in [1.82, 2.24) is 10.1 Å². The summed E-state index contributed by atoms with van der Waals surface area (Å²) in [5.74, 6) is 2.03. The molecule has 21 heavy (non-hydrogen) atoms. The third-order valence-electron chi connectivity index (χ3n) is 4.11. The van der Waals surface area contributed by atoms with E-state index >= 15 is 0 Å². The Morgan fingerprint density at radius 1 is 1.33 bits per heavy atom. The fraction of sp³-hybridized carbons (Fsp3) is 0.438. The average molecular weight is 299 g/mol. The van der Waals surface area contributed by atoms with E-state index in [1.54, 1.807) is 11.8 Å². The number of nitriles is 1. The number of benzene rings is 1. The zero-order chi connectivity index (χ0) is 15.0. The van der Waals surface area contributed by atoms with Crippen LogP contribution in [0.25, 0.3) is 0 Å². The van der Waals surface area contributed by atoms with E-state index in [0.29, 0.717) is 17.5 Å². The topological polar surface area (TPSA) is 62.7 Å². The van der Waals surface area contributed by atoms with Gasteiger partial charge in [0.25, 0.3) is 0 Å². The Bertz CT molecular complexity index is 684. The van der Waals surface area contributed by atoms with Gasteiger partial charge in [0.2, 0.25) is 5.89 Å². The van der Waals surface area contributed by atoms with Crippen molar-refractivity contribution >= 4 is 11.8 Å². The van der Waals surface area contributed by atoms with Gasteiger partial charge in [-0.2, -0.15) is 10.2 Å². The van der Waals surface area contributed by atoms with Crippen LogP contribution in [0.3, 0.4) is 0 Å². The van der Waals surface area contributed by atoms with Crippen molar-refractivity contribution in [2.75, 3.05) is 0 Å². The predicted octanol–water partition coefficient (Wildman–Crippen LogP) is 3.93. The van der Waals surface area contributed by atoms with Crippen LogP contribution in [0, 0.1) is 29.6 Å². The standard InChI is InChI=1S/C16H17N3OS/c1-10-4-6-11(7-5-10)21-9-13-18-15(20-19-13)14-12(8-17)16(14,2)3/h4-7,12,14H,9H2,1-3H3. The lowest BCUT2D eigenvalue weighted by molar-refractivity contribution is 0.364. The minimum Gasteiger partial charge on any atom is -0.339 e. The summed E-state index contributed by atoms with van der Waals surface area (Å²) in [6.45, 7) is 6.20. The number of rotatable bonds is 4. The van der Waals surface area contributed by atoms with Crippen LogP contribution in [0.1, 0.15) is 37.0 Å². The lowest BCUT2D eigenvalue weighted by atomic mass is 10.1. The molecule has 1 aromatic carbocycles. The second kappa shape index (κ2) is 5.19. The molecular weight excluding hydrogens is 282 g/mol. The third kappa shape index (κ3) is 2.68. The highest BCUT2D eigenvalue weighted by Gasteiger charge is 2.62. The highest BCUT2D eigenvalue weighted by Crippen LogP contribution is 2.63. The van der Waals surface area contributed by atoms with Crippen LogP contribution in [0.2, 0.25) is 0 Å². The Kier molecular flexibility index (Phi) is 3.50. The van der Waals surface area contributed by atoms with E-state index in [-0.39, 0.29) is 17.3 Å². The Hall–Kier alpha value is -1.80. The average Bonchev–Trinajstić information content (AvgIpc) is 2.82. The summed E-state index contributed by atoms with van der Waals surface area (Å²) in [5, 5.41) is 13.1. The molecule has 108 valence electrons. The zero-order valence-corrected chi connectivity index (χ0v) is 13.1. The molecular formula is C16H17N3OS. The number of thioether (sulfide) groups is 1. The molecule has 0 aliphatic heterocycles. The van der Waals surface area contributed by atoms with Gasteiger partial charge in [0.15, 0.2) is 5.82 Å². The van der Waals surface area contributed by atoms with Gasteiger partial charge in [0.1, 0.15) is 0 Å². The van der Waals surface area contributed by atoms with Gasteiger partial charge >= 0.3 is 0 Å². The van der Waals surface area contributed by atoms with Crippen LogP contribution < -0.4 is 0 Å². The van der Waals surface area contributed by atoms with Crippen molar-refractivity contribution in [3.63, 3.8) is 0 Å². The van der Waals surface area contributed by atoms with E-state index in [1.807, 2.05) is 0 Å². The van der Waals surface area contributed by atoms with Gasteiger partial charge < -0.3 is 4.52 Å². The molecule has 0 amide bonds. The summed E-state index contributed by atoms with van der Waals surface area (Å²) in [6, 6.07) is 10.7. The summed E-state index contributed by atoms with van der Waals surface area (Å²) < 4.78 is 5.34. The summed E-state index contributed by atoms with van der Waals surface area (Å²) >= 11 is 1.68. The third-order valence-corrected chi connectivity index (χ3v) is 5.11. The SMILES string of the molecule is Cc1ccc(SCc2noc(C3C(C#N)C3(C)C)n2)cc1. The zero-order valence-electron chi connectivity index (χ0n) is 12.3. The highest BCUT2D eigenvalue weighted by molar-refractivity contribution is 7.98. The maximum Gasteiger partial charge on any atom is 0.231 e. The van der Waals surface area contributed by atoms with E-state index in [0.717, 1.165) is 0 Å². The second-order valence-corrected chi connectivity index (χ2v) is 7.11. The Balaban J connectivity index is 1.64. The molecule has 5 heteroatoms. The van der Waals surface area contributed by atoms with Crippen molar-refractivity contribution in [3.8, 4) is 6.07 Å². The van der Waals surface area contributed by atoms with Crippen LogP contribution in [0.4, 0.5) is 0 Å². The van der Waals surface area contributed by atoms with Crippen LogP contribution in [-0.2, 0) is 5.75 Å². The first-order valence-corrected chi connectivity index (χ1v) is 7.92. The van der Waals surface area contributed by atoms with Gasteiger partial charge in [-0.15, -0.1) is 11.8 Å². The summed E-state index contributed by atoms with van der Waals surface area (Å²) in [6.07, 6.45) is 0. The lowest BCUT2D eigenvalue weighted by Gasteiger charge is -1.98. The molecule has 1 aliphatic carbocycles. The van der Waals surface area contributed by atoms with Crippen molar-refractivity contribution in [2.45, 2.75) is 37.3 Å². The molecule has 2 aromatic rings. The number of aryl methyl sites for hydroxylation is 1.